The number of nitrogens with zero attached hydrogens (tertiary/aromatic N) is 3. The van der Waals surface area contributed by atoms with Gasteiger partial charge in [-0.15, -0.1) is 0 Å². The number of nitrogens with two attached hydrogens (primary N) is 2. The fraction of sp³-hybridized carbons (Fsp3) is 0.286. The normalized spacial score (nSPS) is 9.86. The monoisotopic (exact) mass is 259 g/mol. The Kier molecular flexibility index (Phi) is 3.23. The van der Waals surface area contributed by atoms with E-state index in [1.54, 1.807) is 13.1 Å². The fourth-order valence-corrected chi connectivity index (χ4v) is 1.29. The van der Waals surface area contributed by atoms with E-state index in [9.17, 15) is 4.79 Å². The van der Waals surface area contributed by atoms with Crippen LogP contribution >= 0.6 is 15.9 Å². The Labute approximate surface area is 89.4 Å². The summed E-state index contributed by atoms with van der Waals surface area (Å²) in [4.78, 5) is 20.1. The number of aromatic nitrogens is 2. The zero-order valence-electron chi connectivity index (χ0n) is 7.57. The summed E-state index contributed by atoms with van der Waals surface area (Å²) in [5.74, 6) is 0.239. The molecule has 14 heavy (non-hydrogen) atoms. The Hall–Kier alpha value is -1.37. The molecule has 1 amide bonds. The van der Waals surface area contributed by atoms with Gasteiger partial charge in [-0.1, -0.05) is 0 Å². The molecule has 0 saturated carbocycles. The maximum Gasteiger partial charge on any atom is 0.237 e. The van der Waals surface area contributed by atoms with Gasteiger partial charge in [0.2, 0.25) is 11.9 Å². The van der Waals surface area contributed by atoms with Crippen molar-refractivity contribution in [2.75, 3.05) is 24.2 Å². The van der Waals surface area contributed by atoms with Crippen molar-refractivity contribution in [3.05, 3.63) is 10.7 Å². The Morgan fingerprint density at radius 2 is 2.29 bits per heavy atom. The Morgan fingerprint density at radius 3 is 2.79 bits per heavy atom. The van der Waals surface area contributed by atoms with Gasteiger partial charge in [0.25, 0.3) is 0 Å². The van der Waals surface area contributed by atoms with Crippen LogP contribution in [0.25, 0.3) is 0 Å². The molecule has 0 aliphatic carbocycles. The second kappa shape index (κ2) is 4.23. The predicted octanol–water partition coefficient (Wildman–Crippen LogP) is -0.257. The molecule has 0 unspecified atom stereocenters. The lowest BCUT2D eigenvalue weighted by Crippen LogP contribution is -2.31. The second-order valence-electron chi connectivity index (χ2n) is 2.74. The molecule has 76 valence electrons. The maximum atomic E-state index is 10.6. The molecule has 0 spiro atoms. The van der Waals surface area contributed by atoms with E-state index < -0.39 is 5.91 Å². The van der Waals surface area contributed by atoms with Crippen molar-refractivity contribution in [2.45, 2.75) is 0 Å². The molecule has 0 aromatic carbocycles. The van der Waals surface area contributed by atoms with Crippen LogP contribution in [0.5, 0.6) is 0 Å². The molecule has 7 heteroatoms. The zero-order valence-corrected chi connectivity index (χ0v) is 9.15. The van der Waals surface area contributed by atoms with Crippen molar-refractivity contribution in [1.29, 1.82) is 0 Å². The summed E-state index contributed by atoms with van der Waals surface area (Å²) >= 11 is 3.17. The number of primary amides is 1. The molecule has 0 saturated heterocycles. The van der Waals surface area contributed by atoms with Gasteiger partial charge in [0.15, 0.2) is 0 Å². The number of rotatable bonds is 3. The minimum atomic E-state index is -0.449. The van der Waals surface area contributed by atoms with E-state index in [4.69, 9.17) is 11.5 Å². The van der Waals surface area contributed by atoms with Crippen LogP contribution in [0.3, 0.4) is 0 Å². The first kappa shape index (κ1) is 10.7. The van der Waals surface area contributed by atoms with Crippen LogP contribution in [0.15, 0.2) is 10.7 Å². The zero-order chi connectivity index (χ0) is 10.7. The lowest BCUT2D eigenvalue weighted by molar-refractivity contribution is -0.116. The van der Waals surface area contributed by atoms with Crippen LogP contribution < -0.4 is 16.4 Å². The SMILES string of the molecule is CN(CC(N)=O)c1nc(N)cc(Br)n1. The molecule has 0 atom stereocenters. The Balaban J connectivity index is 2.89. The molecular formula is C7H10BrN5O. The van der Waals surface area contributed by atoms with Gasteiger partial charge < -0.3 is 16.4 Å². The summed E-state index contributed by atoms with van der Waals surface area (Å²) in [7, 11) is 1.66. The number of halogens is 1. The number of anilines is 2. The number of hydrogen-bond donors (Lipinski definition) is 2. The number of carbonyl (C=O) groups is 1. The van der Waals surface area contributed by atoms with Gasteiger partial charge in [-0.3, -0.25) is 4.79 Å². The third-order valence-electron chi connectivity index (χ3n) is 1.44. The quantitative estimate of drug-likeness (QED) is 0.730. The van der Waals surface area contributed by atoms with Crippen LogP contribution in [0, 0.1) is 0 Å². The summed E-state index contributed by atoms with van der Waals surface area (Å²) in [5.41, 5.74) is 10.5. The van der Waals surface area contributed by atoms with Gasteiger partial charge in [-0.25, -0.2) is 4.98 Å². The standard InChI is InChI=1S/C7H10BrN5O/c1-13(3-6(10)14)7-11-4(8)2-5(9)12-7/h2H,3H2,1H3,(H2,10,14)(H2,9,11,12). The van der Waals surface area contributed by atoms with E-state index in [0.29, 0.717) is 16.4 Å². The summed E-state index contributed by atoms with van der Waals surface area (Å²) in [6.45, 7) is 0.0515. The van der Waals surface area contributed by atoms with Gasteiger partial charge >= 0.3 is 0 Å². The topological polar surface area (TPSA) is 98.1 Å². The highest BCUT2D eigenvalue weighted by Crippen LogP contribution is 2.14. The molecule has 4 N–H and O–H groups in total. The van der Waals surface area contributed by atoms with Crippen LogP contribution in [0.4, 0.5) is 11.8 Å². The molecule has 0 radical (unpaired) electrons. The molecule has 0 aliphatic rings. The van der Waals surface area contributed by atoms with Crippen molar-refractivity contribution in [3.8, 4) is 0 Å². The van der Waals surface area contributed by atoms with Gasteiger partial charge in [0.05, 0.1) is 6.54 Å². The maximum absolute atomic E-state index is 10.6. The summed E-state index contributed by atoms with van der Waals surface area (Å²) in [6, 6.07) is 1.57. The minimum Gasteiger partial charge on any atom is -0.383 e. The van der Waals surface area contributed by atoms with Gasteiger partial charge in [0.1, 0.15) is 10.4 Å². The smallest absolute Gasteiger partial charge is 0.237 e. The van der Waals surface area contributed by atoms with Gasteiger partial charge in [-0.05, 0) is 15.9 Å². The first-order valence-electron chi connectivity index (χ1n) is 3.78. The molecule has 0 aliphatic heterocycles. The fourth-order valence-electron chi connectivity index (χ4n) is 0.898. The van der Waals surface area contributed by atoms with Crippen molar-refractivity contribution >= 4 is 33.6 Å². The van der Waals surface area contributed by atoms with Crippen molar-refractivity contribution in [3.63, 3.8) is 0 Å². The Bertz CT molecular complexity index is 336. The number of hydrogen-bond acceptors (Lipinski definition) is 5. The van der Waals surface area contributed by atoms with Crippen LogP contribution in [0.2, 0.25) is 0 Å². The first-order chi connectivity index (χ1) is 6.49. The third kappa shape index (κ3) is 2.84. The molecule has 0 fully saturated rings. The average molecular weight is 260 g/mol. The number of likely N-dealkylation sites (N-methyl/N-ethyl adjacent to an activating group) is 1. The van der Waals surface area contributed by atoms with E-state index in [1.165, 1.54) is 4.90 Å². The van der Waals surface area contributed by atoms with Crippen molar-refractivity contribution < 1.29 is 4.79 Å². The lowest BCUT2D eigenvalue weighted by Gasteiger charge is -2.14. The number of amides is 1. The van der Waals surface area contributed by atoms with E-state index >= 15 is 0 Å². The predicted molar refractivity (Wildman–Crippen MR) is 56.6 cm³/mol. The van der Waals surface area contributed by atoms with Gasteiger partial charge in [-0.2, -0.15) is 4.98 Å². The van der Waals surface area contributed by atoms with Crippen molar-refractivity contribution in [1.82, 2.24) is 9.97 Å². The molecule has 1 heterocycles. The number of carbonyl (C=O) groups excluding carboxylic acids is 1. The highest BCUT2D eigenvalue weighted by atomic mass is 79.9. The first-order valence-corrected chi connectivity index (χ1v) is 4.58. The highest BCUT2D eigenvalue weighted by Gasteiger charge is 2.08. The number of nitrogen functional groups attached to an aromatic ring is 1. The Morgan fingerprint density at radius 1 is 1.64 bits per heavy atom. The van der Waals surface area contributed by atoms with Crippen LogP contribution in [-0.4, -0.2) is 29.5 Å². The molecule has 1 rings (SSSR count). The summed E-state index contributed by atoms with van der Waals surface area (Å²) < 4.78 is 0.566. The van der Waals surface area contributed by atoms with E-state index in [2.05, 4.69) is 25.9 Å². The van der Waals surface area contributed by atoms with Gasteiger partial charge in [0, 0.05) is 13.1 Å². The summed E-state index contributed by atoms with van der Waals surface area (Å²) in [5, 5.41) is 0. The minimum absolute atomic E-state index is 0.0515. The molecule has 6 nitrogen and oxygen atoms in total. The molecule has 1 aromatic heterocycles. The van der Waals surface area contributed by atoms with E-state index in [1.807, 2.05) is 0 Å². The molecule has 1 aromatic rings. The highest BCUT2D eigenvalue weighted by molar-refractivity contribution is 9.10. The average Bonchev–Trinajstić information content (AvgIpc) is 2.00. The third-order valence-corrected chi connectivity index (χ3v) is 1.84. The second-order valence-corrected chi connectivity index (χ2v) is 3.55. The van der Waals surface area contributed by atoms with Crippen molar-refractivity contribution in [2.24, 2.45) is 5.73 Å². The van der Waals surface area contributed by atoms with Crippen LogP contribution in [0.1, 0.15) is 0 Å². The van der Waals surface area contributed by atoms with Crippen LogP contribution in [-0.2, 0) is 4.79 Å². The molecular weight excluding hydrogens is 250 g/mol. The molecule has 0 bridgehead atoms. The lowest BCUT2D eigenvalue weighted by atomic mass is 10.5. The van der Waals surface area contributed by atoms with E-state index in [-0.39, 0.29) is 6.54 Å². The largest absolute Gasteiger partial charge is 0.383 e. The summed E-state index contributed by atoms with van der Waals surface area (Å²) in [6.07, 6.45) is 0. The van der Waals surface area contributed by atoms with E-state index in [0.717, 1.165) is 0 Å².